The minimum Gasteiger partial charge on any atom is -0.393 e. The molecule has 1 saturated heterocycles. The number of fused-ring (bicyclic) bond motifs is 2. The van der Waals surface area contributed by atoms with Gasteiger partial charge in [-0.15, -0.1) is 0 Å². The molecule has 15 heteroatoms. The number of anilines is 1. The van der Waals surface area contributed by atoms with Gasteiger partial charge in [0.05, 0.1) is 23.7 Å². The molecule has 60 heavy (non-hydrogen) atoms. The zero-order valence-corrected chi connectivity index (χ0v) is 35.1. The standard InChI is InChI=1S/C45H61N9O6/c1-3-19-48-44-49-29-36-37(30-53(42(36)51-44)34-12-14-35(55)15-13-34)33-10-7-32(8-11-33)28-47-21-20-46-22-26-60-25-5-24-59-23-4-6-31-9-16-38-40(27-31)52(2)45(58)54(38)39-17-18-41(56)50-43(39)57/h7-11,16,27,29-30,34-35,39,46-47,55H,3-6,12-15,17-26,28H2,1-2H3,(H,48,49,51)(H,50,56,57)/t34-,35-,39-/m0/s1. The van der Waals surface area contributed by atoms with E-state index in [0.717, 1.165) is 117 Å². The largest absolute Gasteiger partial charge is 0.393 e. The van der Waals surface area contributed by atoms with E-state index in [9.17, 15) is 19.5 Å². The van der Waals surface area contributed by atoms with Crippen LogP contribution in [0.4, 0.5) is 5.95 Å². The van der Waals surface area contributed by atoms with E-state index in [2.05, 4.69) is 68.2 Å². The summed E-state index contributed by atoms with van der Waals surface area (Å²) in [6, 6.07) is 14.3. The Morgan fingerprint density at radius 2 is 1.60 bits per heavy atom. The summed E-state index contributed by atoms with van der Waals surface area (Å²) in [5.41, 5.74) is 6.77. The third-order valence-electron chi connectivity index (χ3n) is 11.7. The predicted molar refractivity (Wildman–Crippen MR) is 233 cm³/mol. The number of carbonyl (C=O) groups is 2. The van der Waals surface area contributed by atoms with Gasteiger partial charge in [-0.2, -0.15) is 4.98 Å². The van der Waals surface area contributed by atoms with Crippen LogP contribution in [0.15, 0.2) is 59.7 Å². The predicted octanol–water partition coefficient (Wildman–Crippen LogP) is 4.76. The van der Waals surface area contributed by atoms with E-state index in [1.54, 1.807) is 11.6 Å². The Morgan fingerprint density at radius 1 is 0.850 bits per heavy atom. The Hall–Kier alpha value is -4.93. The van der Waals surface area contributed by atoms with E-state index < -0.39 is 11.9 Å². The van der Waals surface area contributed by atoms with Crippen LogP contribution in [0.3, 0.4) is 0 Å². The zero-order chi connectivity index (χ0) is 41.8. The molecule has 2 amide bonds. The van der Waals surface area contributed by atoms with E-state index in [-0.39, 0.29) is 24.1 Å². The summed E-state index contributed by atoms with van der Waals surface area (Å²) in [6.07, 6.45) is 11.5. The first-order valence-electron chi connectivity index (χ1n) is 21.8. The fourth-order valence-corrected chi connectivity index (χ4v) is 8.32. The quantitative estimate of drug-likeness (QED) is 0.0480. The molecule has 0 bridgehead atoms. The summed E-state index contributed by atoms with van der Waals surface area (Å²) in [6.45, 7) is 8.83. The van der Waals surface area contributed by atoms with Crippen molar-refractivity contribution in [1.29, 1.82) is 0 Å². The molecule has 2 aliphatic rings. The number of aliphatic hydroxyl groups is 1. The van der Waals surface area contributed by atoms with Crippen molar-refractivity contribution in [2.24, 2.45) is 7.05 Å². The highest BCUT2D eigenvalue weighted by Crippen LogP contribution is 2.37. The van der Waals surface area contributed by atoms with Gasteiger partial charge in [-0.3, -0.25) is 24.0 Å². The fraction of sp³-hybridized carbons (Fsp3) is 0.533. The number of ether oxygens (including phenoxy) is 2. The summed E-state index contributed by atoms with van der Waals surface area (Å²) < 4.78 is 17.0. The van der Waals surface area contributed by atoms with Gasteiger partial charge >= 0.3 is 5.69 Å². The molecule has 2 aromatic carbocycles. The number of amides is 2. The molecule has 1 aliphatic carbocycles. The van der Waals surface area contributed by atoms with E-state index >= 15 is 0 Å². The number of nitrogens with zero attached hydrogens (tertiary/aromatic N) is 5. The molecule has 322 valence electrons. The number of hydrogen-bond acceptors (Lipinski definition) is 11. The maximum Gasteiger partial charge on any atom is 0.329 e. The van der Waals surface area contributed by atoms with Crippen LogP contribution in [0, 0.1) is 0 Å². The molecule has 1 atom stereocenters. The molecule has 5 N–H and O–H groups in total. The Labute approximate surface area is 351 Å². The third kappa shape index (κ3) is 10.7. The molecule has 0 radical (unpaired) electrons. The molecular formula is C45H61N9O6. The molecule has 0 spiro atoms. The van der Waals surface area contributed by atoms with Crippen molar-refractivity contribution in [3.05, 3.63) is 76.5 Å². The van der Waals surface area contributed by atoms with Crippen molar-refractivity contribution >= 4 is 39.8 Å². The molecule has 2 fully saturated rings. The highest BCUT2D eigenvalue weighted by molar-refractivity contribution is 6.00. The average Bonchev–Trinajstić information content (AvgIpc) is 3.75. The van der Waals surface area contributed by atoms with Crippen molar-refractivity contribution in [2.45, 2.75) is 95.9 Å². The van der Waals surface area contributed by atoms with Gasteiger partial charge in [0.2, 0.25) is 17.8 Å². The van der Waals surface area contributed by atoms with Crippen LogP contribution in [0.1, 0.15) is 87.9 Å². The zero-order valence-electron chi connectivity index (χ0n) is 35.1. The number of rotatable bonds is 22. The molecule has 1 saturated carbocycles. The first-order chi connectivity index (χ1) is 29.3. The monoisotopic (exact) mass is 823 g/mol. The van der Waals surface area contributed by atoms with Crippen molar-refractivity contribution in [1.82, 2.24) is 39.6 Å². The van der Waals surface area contributed by atoms with Crippen molar-refractivity contribution in [3.63, 3.8) is 0 Å². The minimum atomic E-state index is -0.681. The number of nitrogens with one attached hydrogen (secondary N) is 4. The summed E-state index contributed by atoms with van der Waals surface area (Å²) in [4.78, 5) is 46.6. The molecule has 4 heterocycles. The van der Waals surface area contributed by atoms with Gasteiger partial charge < -0.3 is 35.1 Å². The minimum absolute atomic E-state index is 0.202. The van der Waals surface area contributed by atoms with E-state index in [1.165, 1.54) is 10.1 Å². The van der Waals surface area contributed by atoms with E-state index in [4.69, 9.17) is 14.5 Å². The van der Waals surface area contributed by atoms with Gasteiger partial charge in [0.1, 0.15) is 11.7 Å². The van der Waals surface area contributed by atoms with Crippen LogP contribution < -0.4 is 27.0 Å². The van der Waals surface area contributed by atoms with Crippen LogP contribution in [0.25, 0.3) is 33.2 Å². The number of benzene rings is 2. The van der Waals surface area contributed by atoms with Gasteiger partial charge in [-0.25, -0.2) is 9.78 Å². The van der Waals surface area contributed by atoms with E-state index in [1.807, 2.05) is 24.4 Å². The average molecular weight is 824 g/mol. The second-order valence-electron chi connectivity index (χ2n) is 16.1. The maximum absolute atomic E-state index is 13.0. The number of hydrogen-bond donors (Lipinski definition) is 5. The van der Waals surface area contributed by atoms with Crippen molar-refractivity contribution < 1.29 is 24.2 Å². The second kappa shape index (κ2) is 21.0. The third-order valence-corrected chi connectivity index (χ3v) is 11.7. The van der Waals surface area contributed by atoms with Crippen LogP contribution >= 0.6 is 0 Å². The summed E-state index contributed by atoms with van der Waals surface area (Å²) in [5.74, 6) is -0.0655. The lowest BCUT2D eigenvalue weighted by atomic mass is 9.93. The number of piperidine rings is 1. The Kier molecular flexibility index (Phi) is 15.1. The highest BCUT2D eigenvalue weighted by Gasteiger charge is 2.31. The van der Waals surface area contributed by atoms with Gasteiger partial charge in [0.25, 0.3) is 0 Å². The van der Waals surface area contributed by atoms with Gasteiger partial charge in [-0.1, -0.05) is 37.3 Å². The lowest BCUT2D eigenvalue weighted by Crippen LogP contribution is -2.44. The van der Waals surface area contributed by atoms with Crippen molar-refractivity contribution in [3.8, 4) is 11.1 Å². The van der Waals surface area contributed by atoms with E-state index in [0.29, 0.717) is 50.4 Å². The number of imidazole rings is 1. The van der Waals surface area contributed by atoms with Crippen molar-refractivity contribution in [2.75, 3.05) is 57.9 Å². The highest BCUT2D eigenvalue weighted by atomic mass is 16.5. The maximum atomic E-state index is 13.0. The summed E-state index contributed by atoms with van der Waals surface area (Å²) >= 11 is 0. The Bertz CT molecular complexity index is 2260. The number of imide groups is 1. The molecule has 5 aromatic rings. The molecular weight excluding hydrogens is 763 g/mol. The lowest BCUT2D eigenvalue weighted by molar-refractivity contribution is -0.135. The van der Waals surface area contributed by atoms with Gasteiger partial charge in [0.15, 0.2) is 0 Å². The van der Waals surface area contributed by atoms with Crippen LogP contribution in [0.5, 0.6) is 0 Å². The number of aliphatic hydroxyl groups excluding tert-OH is 1. The summed E-state index contributed by atoms with van der Waals surface area (Å²) in [5, 5.41) is 23.8. The normalized spacial score (nSPS) is 18.4. The number of aromatic nitrogens is 5. The number of aryl methyl sites for hydroxylation is 2. The molecule has 0 unspecified atom stereocenters. The second-order valence-corrected chi connectivity index (χ2v) is 16.1. The first kappa shape index (κ1) is 43.2. The SMILES string of the molecule is CCCNc1ncc2c(-c3ccc(CNCCNCCOCCCOCCCc4ccc5c(c4)n(C)c(=O)n5[C@H]4CCC(=O)NC4=O)cc3)cn([C@H]3CC[C@H](O)CC3)c2n1. The summed E-state index contributed by atoms with van der Waals surface area (Å²) in [7, 11) is 1.71. The topological polar surface area (TPSA) is 179 Å². The lowest BCUT2D eigenvalue weighted by Gasteiger charge is -2.27. The first-order valence-corrected chi connectivity index (χ1v) is 21.8. The molecule has 15 nitrogen and oxygen atoms in total. The molecule has 1 aliphatic heterocycles. The Morgan fingerprint density at radius 3 is 2.38 bits per heavy atom. The Balaban J connectivity index is 0.744. The van der Waals surface area contributed by atoms with Gasteiger partial charge in [-0.05, 0) is 86.6 Å². The van der Waals surface area contributed by atoms with Crippen LogP contribution in [-0.4, -0.2) is 99.3 Å². The smallest absolute Gasteiger partial charge is 0.329 e. The number of carbonyl (C=O) groups excluding carboxylic acids is 2. The molecule has 3 aromatic heterocycles. The van der Waals surface area contributed by atoms with Crippen LogP contribution in [0.2, 0.25) is 0 Å². The molecule has 7 rings (SSSR count). The van der Waals surface area contributed by atoms with Gasteiger partial charge in [0, 0.05) is 95.4 Å². The van der Waals surface area contributed by atoms with Crippen LogP contribution in [-0.2, 0) is 39.1 Å². The fourth-order valence-electron chi connectivity index (χ4n) is 8.32.